The molecule has 3 aromatic rings. The monoisotopic (exact) mass is 318 g/mol. The minimum absolute atomic E-state index is 0.525. The quantitative estimate of drug-likeness (QED) is 0.642. The van der Waals surface area contributed by atoms with Crippen LogP contribution >= 0.6 is 11.3 Å². The molecule has 2 aromatic heterocycles. The number of allylic oxidation sites excluding steroid dienone is 1. The van der Waals surface area contributed by atoms with Gasteiger partial charge >= 0.3 is 0 Å². The summed E-state index contributed by atoms with van der Waals surface area (Å²) in [6, 6.07) is 12.4. The van der Waals surface area contributed by atoms with Crippen LogP contribution in [-0.2, 0) is 12.8 Å². The van der Waals surface area contributed by atoms with Crippen molar-refractivity contribution in [2.45, 2.75) is 19.3 Å². The minimum atomic E-state index is 0.525. The SMILES string of the molecule is N#C/C(=C\c1ccco1)c1nc(-c2ccc3c(c2)CCC3)cs1. The number of hydrogen-bond acceptors (Lipinski definition) is 4. The molecule has 0 N–H and O–H groups in total. The Hall–Kier alpha value is -2.64. The molecule has 0 amide bonds. The smallest absolute Gasteiger partial charge is 0.134 e. The molecule has 3 nitrogen and oxygen atoms in total. The fourth-order valence-corrected chi connectivity index (χ4v) is 3.71. The zero-order valence-corrected chi connectivity index (χ0v) is 13.3. The molecular weight excluding hydrogens is 304 g/mol. The van der Waals surface area contributed by atoms with Gasteiger partial charge < -0.3 is 4.42 Å². The van der Waals surface area contributed by atoms with Gasteiger partial charge in [0, 0.05) is 17.0 Å². The lowest BCUT2D eigenvalue weighted by molar-refractivity contribution is 0.557. The van der Waals surface area contributed by atoms with Crippen molar-refractivity contribution in [2.24, 2.45) is 0 Å². The van der Waals surface area contributed by atoms with E-state index in [0.717, 1.165) is 22.7 Å². The average molecular weight is 318 g/mol. The zero-order valence-electron chi connectivity index (χ0n) is 12.5. The fraction of sp³-hybridized carbons (Fsp3) is 0.158. The van der Waals surface area contributed by atoms with Crippen LogP contribution in [-0.4, -0.2) is 4.98 Å². The van der Waals surface area contributed by atoms with Crippen LogP contribution in [0.2, 0.25) is 0 Å². The lowest BCUT2D eigenvalue weighted by atomic mass is 10.1. The topological polar surface area (TPSA) is 49.8 Å². The van der Waals surface area contributed by atoms with Gasteiger partial charge in [0.25, 0.3) is 0 Å². The highest BCUT2D eigenvalue weighted by molar-refractivity contribution is 7.11. The van der Waals surface area contributed by atoms with Crippen molar-refractivity contribution >= 4 is 23.0 Å². The van der Waals surface area contributed by atoms with Gasteiger partial charge in [0.1, 0.15) is 16.8 Å². The standard InChI is InChI=1S/C19H14N2OS/c20-11-16(10-17-5-2-8-22-17)19-21-18(12-23-19)15-7-6-13-3-1-4-14(13)9-15/h2,5-10,12H,1,3-4H2/b16-10+. The summed E-state index contributed by atoms with van der Waals surface area (Å²) < 4.78 is 5.28. The Morgan fingerprint density at radius 2 is 2.17 bits per heavy atom. The third-order valence-electron chi connectivity index (χ3n) is 4.08. The summed E-state index contributed by atoms with van der Waals surface area (Å²) in [5.74, 6) is 0.663. The van der Waals surface area contributed by atoms with Gasteiger partial charge in [-0.15, -0.1) is 11.3 Å². The summed E-state index contributed by atoms with van der Waals surface area (Å²) in [5.41, 5.74) is 5.48. The van der Waals surface area contributed by atoms with E-state index in [1.54, 1.807) is 18.4 Å². The van der Waals surface area contributed by atoms with Gasteiger partial charge in [-0.3, -0.25) is 0 Å². The molecule has 0 aliphatic heterocycles. The maximum atomic E-state index is 9.39. The van der Waals surface area contributed by atoms with E-state index in [2.05, 4.69) is 29.3 Å². The first-order valence-corrected chi connectivity index (χ1v) is 8.45. The third-order valence-corrected chi connectivity index (χ3v) is 4.95. The highest BCUT2D eigenvalue weighted by Crippen LogP contribution is 2.30. The molecule has 4 heteroatoms. The van der Waals surface area contributed by atoms with E-state index in [4.69, 9.17) is 4.42 Å². The van der Waals surface area contributed by atoms with Crippen molar-refractivity contribution in [1.82, 2.24) is 4.98 Å². The van der Waals surface area contributed by atoms with Crippen molar-refractivity contribution in [3.63, 3.8) is 0 Å². The van der Waals surface area contributed by atoms with Crippen LogP contribution in [0.25, 0.3) is 22.9 Å². The van der Waals surface area contributed by atoms with Gasteiger partial charge in [-0.2, -0.15) is 5.26 Å². The highest BCUT2D eigenvalue weighted by atomic mass is 32.1. The molecule has 0 bridgehead atoms. The van der Waals surface area contributed by atoms with Crippen LogP contribution in [0, 0.1) is 11.3 Å². The lowest BCUT2D eigenvalue weighted by Crippen LogP contribution is -1.86. The van der Waals surface area contributed by atoms with E-state index in [1.165, 1.54) is 35.3 Å². The first-order valence-electron chi connectivity index (χ1n) is 7.57. The van der Waals surface area contributed by atoms with E-state index in [0.29, 0.717) is 11.3 Å². The molecule has 1 aromatic carbocycles. The van der Waals surface area contributed by atoms with E-state index in [-0.39, 0.29) is 0 Å². The van der Waals surface area contributed by atoms with E-state index in [9.17, 15) is 5.26 Å². The Bertz CT molecular complexity index is 913. The Labute approximate surface area is 138 Å². The number of aryl methyl sites for hydroxylation is 2. The lowest BCUT2D eigenvalue weighted by Gasteiger charge is -2.02. The number of furan rings is 1. The molecule has 0 spiro atoms. The molecule has 0 radical (unpaired) electrons. The van der Waals surface area contributed by atoms with Gasteiger partial charge in [-0.1, -0.05) is 12.1 Å². The maximum absolute atomic E-state index is 9.39. The maximum Gasteiger partial charge on any atom is 0.134 e. The molecule has 0 fully saturated rings. The van der Waals surface area contributed by atoms with Gasteiger partial charge in [-0.25, -0.2) is 4.98 Å². The molecule has 1 aliphatic rings. The van der Waals surface area contributed by atoms with E-state index in [1.807, 2.05) is 11.4 Å². The molecule has 1 aliphatic carbocycles. The molecule has 0 unspecified atom stereocenters. The normalized spacial score (nSPS) is 13.8. The summed E-state index contributed by atoms with van der Waals surface area (Å²) in [6.45, 7) is 0. The summed E-state index contributed by atoms with van der Waals surface area (Å²) in [7, 11) is 0. The second-order valence-electron chi connectivity index (χ2n) is 5.56. The van der Waals surface area contributed by atoms with Crippen LogP contribution in [0.4, 0.5) is 0 Å². The van der Waals surface area contributed by atoms with Crippen molar-refractivity contribution < 1.29 is 4.42 Å². The number of nitriles is 1. The van der Waals surface area contributed by atoms with Gasteiger partial charge in [-0.05, 0) is 48.6 Å². The predicted molar refractivity (Wildman–Crippen MR) is 91.8 cm³/mol. The zero-order chi connectivity index (χ0) is 15.6. The van der Waals surface area contributed by atoms with Crippen LogP contribution in [0.1, 0.15) is 28.3 Å². The number of aromatic nitrogens is 1. The first-order chi connectivity index (χ1) is 11.3. The Morgan fingerprint density at radius 3 is 3.00 bits per heavy atom. The van der Waals surface area contributed by atoms with Crippen LogP contribution in [0.3, 0.4) is 0 Å². The number of rotatable bonds is 3. The number of hydrogen-bond donors (Lipinski definition) is 0. The van der Waals surface area contributed by atoms with Crippen molar-refractivity contribution in [1.29, 1.82) is 5.26 Å². The van der Waals surface area contributed by atoms with Crippen LogP contribution < -0.4 is 0 Å². The van der Waals surface area contributed by atoms with Crippen molar-refractivity contribution in [3.05, 3.63) is 63.9 Å². The first kappa shape index (κ1) is 14.0. The summed E-state index contributed by atoms with van der Waals surface area (Å²) >= 11 is 1.49. The molecule has 2 heterocycles. The molecule has 4 rings (SSSR count). The van der Waals surface area contributed by atoms with Gasteiger partial charge in [0.15, 0.2) is 0 Å². The van der Waals surface area contributed by atoms with Crippen LogP contribution in [0.15, 0.2) is 46.4 Å². The molecular formula is C19H14N2OS. The van der Waals surface area contributed by atoms with Crippen molar-refractivity contribution in [3.8, 4) is 17.3 Å². The second-order valence-corrected chi connectivity index (χ2v) is 6.42. The summed E-state index contributed by atoms with van der Waals surface area (Å²) in [4.78, 5) is 4.64. The molecule has 23 heavy (non-hydrogen) atoms. The van der Waals surface area contributed by atoms with Gasteiger partial charge in [0.2, 0.25) is 0 Å². The number of fused-ring (bicyclic) bond motifs is 1. The highest BCUT2D eigenvalue weighted by Gasteiger charge is 2.14. The Morgan fingerprint density at radius 1 is 1.26 bits per heavy atom. The summed E-state index contributed by atoms with van der Waals surface area (Å²) in [6.07, 6.45) is 6.90. The second kappa shape index (κ2) is 5.86. The fourth-order valence-electron chi connectivity index (χ4n) is 2.92. The van der Waals surface area contributed by atoms with Crippen molar-refractivity contribution in [2.75, 3.05) is 0 Å². The minimum Gasteiger partial charge on any atom is -0.465 e. The van der Waals surface area contributed by atoms with E-state index < -0.39 is 0 Å². The summed E-state index contributed by atoms with van der Waals surface area (Å²) in [5, 5.41) is 12.1. The van der Waals surface area contributed by atoms with Gasteiger partial charge in [0.05, 0.1) is 17.5 Å². The Kier molecular flexibility index (Phi) is 3.57. The molecule has 112 valence electrons. The number of thiazole rings is 1. The molecule has 0 saturated heterocycles. The Balaban J connectivity index is 1.68. The molecule has 0 saturated carbocycles. The third kappa shape index (κ3) is 2.71. The van der Waals surface area contributed by atoms with Crippen LogP contribution in [0.5, 0.6) is 0 Å². The number of benzene rings is 1. The average Bonchev–Trinajstić information content (AvgIpc) is 3.31. The molecule has 0 atom stereocenters. The largest absolute Gasteiger partial charge is 0.465 e. The van der Waals surface area contributed by atoms with E-state index >= 15 is 0 Å². The predicted octanol–water partition coefficient (Wildman–Crippen LogP) is 4.96. The number of nitrogens with zero attached hydrogens (tertiary/aromatic N) is 2.